The summed E-state index contributed by atoms with van der Waals surface area (Å²) in [5.41, 5.74) is 6.03. The van der Waals surface area contributed by atoms with Crippen LogP contribution in [0.4, 0.5) is 0 Å². The summed E-state index contributed by atoms with van der Waals surface area (Å²) < 4.78 is 24.9. The van der Waals surface area contributed by atoms with E-state index in [-0.39, 0.29) is 12.3 Å². The van der Waals surface area contributed by atoms with Crippen LogP contribution in [0, 0.1) is 0 Å². The van der Waals surface area contributed by atoms with E-state index in [0.717, 1.165) is 5.69 Å². The highest BCUT2D eigenvalue weighted by Gasteiger charge is 2.07. The molecule has 0 atom stereocenters. The smallest absolute Gasteiger partial charge is 0.212 e. The number of hydrogen-bond donors (Lipinski definition) is 2. The first-order chi connectivity index (χ1) is 7.14. The molecule has 6 heteroatoms. The lowest BCUT2D eigenvalue weighted by Crippen LogP contribution is -2.31. The average molecular weight is 229 g/mol. The van der Waals surface area contributed by atoms with E-state index >= 15 is 0 Å². The SMILES string of the molecule is NCCS(=O)(=O)NCCc1ccccn1. The highest BCUT2D eigenvalue weighted by molar-refractivity contribution is 7.89. The van der Waals surface area contributed by atoms with Crippen molar-refractivity contribution in [1.29, 1.82) is 0 Å². The summed E-state index contributed by atoms with van der Waals surface area (Å²) >= 11 is 0. The van der Waals surface area contributed by atoms with E-state index in [4.69, 9.17) is 5.73 Å². The predicted molar refractivity (Wildman–Crippen MR) is 58.8 cm³/mol. The van der Waals surface area contributed by atoms with E-state index in [1.54, 1.807) is 6.20 Å². The van der Waals surface area contributed by atoms with Crippen LogP contribution in [0.1, 0.15) is 5.69 Å². The van der Waals surface area contributed by atoms with Gasteiger partial charge in [0.05, 0.1) is 5.75 Å². The lowest BCUT2D eigenvalue weighted by atomic mass is 10.3. The largest absolute Gasteiger partial charge is 0.329 e. The molecule has 0 aliphatic heterocycles. The van der Waals surface area contributed by atoms with Crippen molar-refractivity contribution in [2.45, 2.75) is 6.42 Å². The van der Waals surface area contributed by atoms with Gasteiger partial charge in [0, 0.05) is 31.4 Å². The molecule has 1 aromatic heterocycles. The maximum absolute atomic E-state index is 11.2. The second kappa shape index (κ2) is 5.79. The Kier molecular flexibility index (Phi) is 4.67. The number of nitrogens with zero attached hydrogens (tertiary/aromatic N) is 1. The number of sulfonamides is 1. The van der Waals surface area contributed by atoms with Gasteiger partial charge in [-0.2, -0.15) is 0 Å². The average Bonchev–Trinajstić information content (AvgIpc) is 2.19. The van der Waals surface area contributed by atoms with E-state index < -0.39 is 10.0 Å². The molecule has 0 aliphatic carbocycles. The van der Waals surface area contributed by atoms with Gasteiger partial charge in [-0.15, -0.1) is 0 Å². The number of pyridine rings is 1. The molecular weight excluding hydrogens is 214 g/mol. The van der Waals surface area contributed by atoms with Gasteiger partial charge in [-0.1, -0.05) is 6.07 Å². The van der Waals surface area contributed by atoms with Crippen molar-refractivity contribution in [2.75, 3.05) is 18.8 Å². The fraction of sp³-hybridized carbons (Fsp3) is 0.444. The molecule has 0 spiro atoms. The van der Waals surface area contributed by atoms with Crippen LogP contribution in [0.2, 0.25) is 0 Å². The number of nitrogens with two attached hydrogens (primary N) is 1. The van der Waals surface area contributed by atoms with Crippen molar-refractivity contribution < 1.29 is 8.42 Å². The highest BCUT2D eigenvalue weighted by Crippen LogP contribution is 1.93. The predicted octanol–water partition coefficient (Wildman–Crippen LogP) is -0.498. The van der Waals surface area contributed by atoms with Crippen LogP contribution in [0.25, 0.3) is 0 Å². The number of rotatable bonds is 6. The fourth-order valence-corrected chi connectivity index (χ4v) is 1.98. The zero-order chi connectivity index (χ0) is 11.1. The van der Waals surface area contributed by atoms with Crippen LogP contribution < -0.4 is 10.5 Å². The summed E-state index contributed by atoms with van der Waals surface area (Å²) in [5, 5.41) is 0. The molecule has 5 nitrogen and oxygen atoms in total. The second-order valence-corrected chi connectivity index (χ2v) is 5.00. The van der Waals surface area contributed by atoms with E-state index in [1.165, 1.54) is 0 Å². The van der Waals surface area contributed by atoms with Crippen LogP contribution in [-0.4, -0.2) is 32.2 Å². The molecule has 15 heavy (non-hydrogen) atoms. The van der Waals surface area contributed by atoms with Crippen LogP contribution in [0.15, 0.2) is 24.4 Å². The van der Waals surface area contributed by atoms with E-state index in [1.807, 2.05) is 18.2 Å². The van der Waals surface area contributed by atoms with Crippen molar-refractivity contribution in [3.8, 4) is 0 Å². The van der Waals surface area contributed by atoms with Crippen molar-refractivity contribution in [2.24, 2.45) is 5.73 Å². The third-order valence-corrected chi connectivity index (χ3v) is 3.23. The summed E-state index contributed by atoms with van der Waals surface area (Å²) in [4.78, 5) is 4.08. The molecule has 0 saturated carbocycles. The zero-order valence-corrected chi connectivity index (χ0v) is 9.20. The molecule has 1 heterocycles. The molecule has 0 fully saturated rings. The van der Waals surface area contributed by atoms with Gasteiger partial charge in [0.25, 0.3) is 0 Å². The van der Waals surface area contributed by atoms with Crippen LogP contribution >= 0.6 is 0 Å². The van der Waals surface area contributed by atoms with Crippen molar-refractivity contribution in [3.63, 3.8) is 0 Å². The minimum atomic E-state index is -3.20. The van der Waals surface area contributed by atoms with E-state index in [9.17, 15) is 8.42 Å². The maximum Gasteiger partial charge on any atom is 0.212 e. The van der Waals surface area contributed by atoms with Gasteiger partial charge in [0.1, 0.15) is 0 Å². The number of aromatic nitrogens is 1. The van der Waals surface area contributed by atoms with Crippen LogP contribution in [0.3, 0.4) is 0 Å². The number of nitrogens with one attached hydrogen (secondary N) is 1. The Balaban J connectivity index is 2.34. The van der Waals surface area contributed by atoms with Gasteiger partial charge in [-0.3, -0.25) is 4.98 Å². The highest BCUT2D eigenvalue weighted by atomic mass is 32.2. The van der Waals surface area contributed by atoms with E-state index in [0.29, 0.717) is 13.0 Å². The summed E-state index contributed by atoms with van der Waals surface area (Å²) in [6.07, 6.45) is 2.27. The zero-order valence-electron chi connectivity index (χ0n) is 8.39. The van der Waals surface area contributed by atoms with Gasteiger partial charge in [0.2, 0.25) is 10.0 Å². The Morgan fingerprint density at radius 1 is 1.40 bits per heavy atom. The molecule has 0 unspecified atom stereocenters. The van der Waals surface area contributed by atoms with Crippen molar-refractivity contribution in [3.05, 3.63) is 30.1 Å². The second-order valence-electron chi connectivity index (χ2n) is 3.07. The third kappa shape index (κ3) is 4.87. The summed E-state index contributed by atoms with van der Waals surface area (Å²) in [6.45, 7) is 0.498. The van der Waals surface area contributed by atoms with E-state index in [2.05, 4.69) is 9.71 Å². The lowest BCUT2D eigenvalue weighted by Gasteiger charge is -2.04. The van der Waals surface area contributed by atoms with Gasteiger partial charge < -0.3 is 5.73 Å². The summed E-state index contributed by atoms with van der Waals surface area (Å²) in [6, 6.07) is 5.55. The minimum absolute atomic E-state index is 0.0325. The van der Waals surface area contributed by atoms with Gasteiger partial charge >= 0.3 is 0 Å². The van der Waals surface area contributed by atoms with Crippen molar-refractivity contribution >= 4 is 10.0 Å². The molecule has 3 N–H and O–H groups in total. The molecule has 1 rings (SSSR count). The normalized spacial score (nSPS) is 11.5. The Morgan fingerprint density at radius 2 is 2.20 bits per heavy atom. The first-order valence-electron chi connectivity index (χ1n) is 4.71. The first kappa shape index (κ1) is 12.1. The van der Waals surface area contributed by atoms with Gasteiger partial charge in [-0.25, -0.2) is 13.1 Å². The van der Waals surface area contributed by atoms with Crippen LogP contribution in [0.5, 0.6) is 0 Å². The minimum Gasteiger partial charge on any atom is -0.329 e. The molecule has 0 bridgehead atoms. The molecule has 0 saturated heterocycles. The Bertz CT molecular complexity index is 378. The quantitative estimate of drug-likeness (QED) is 0.689. The first-order valence-corrected chi connectivity index (χ1v) is 6.36. The summed E-state index contributed by atoms with van der Waals surface area (Å²) in [5.74, 6) is -0.0325. The van der Waals surface area contributed by atoms with Gasteiger partial charge in [-0.05, 0) is 12.1 Å². The lowest BCUT2D eigenvalue weighted by molar-refractivity contribution is 0.581. The Morgan fingerprint density at radius 3 is 2.80 bits per heavy atom. The molecular formula is C9H15N3O2S. The molecule has 0 aromatic carbocycles. The molecule has 84 valence electrons. The molecule has 0 radical (unpaired) electrons. The monoisotopic (exact) mass is 229 g/mol. The topological polar surface area (TPSA) is 85.1 Å². The molecule has 1 aromatic rings. The summed E-state index contributed by atoms with van der Waals surface area (Å²) in [7, 11) is -3.20. The third-order valence-electron chi connectivity index (χ3n) is 1.82. The molecule has 0 amide bonds. The fourth-order valence-electron chi connectivity index (χ4n) is 1.11. The standard InChI is InChI=1S/C9H15N3O2S/c10-5-8-15(13,14)12-7-4-9-3-1-2-6-11-9/h1-3,6,12H,4-5,7-8,10H2. The van der Waals surface area contributed by atoms with Crippen LogP contribution in [-0.2, 0) is 16.4 Å². The number of hydrogen-bond acceptors (Lipinski definition) is 4. The Hall–Kier alpha value is -0.980. The molecule has 0 aliphatic rings. The van der Waals surface area contributed by atoms with Gasteiger partial charge in [0.15, 0.2) is 0 Å². The maximum atomic E-state index is 11.2. The van der Waals surface area contributed by atoms with Crippen molar-refractivity contribution in [1.82, 2.24) is 9.71 Å². The Labute approximate surface area is 89.8 Å².